The number of ether oxygens (including phenoxy) is 1. The maximum absolute atomic E-state index is 11.0. The fourth-order valence-corrected chi connectivity index (χ4v) is 0.840. The Morgan fingerprint density at radius 3 is 2.46 bits per heavy atom. The largest absolute Gasteiger partial charge is 0.497 e. The molecule has 0 aliphatic carbocycles. The molecule has 0 fully saturated rings. The van der Waals surface area contributed by atoms with E-state index in [1.165, 1.54) is 0 Å². The third-order valence-electron chi connectivity index (χ3n) is 1.48. The van der Waals surface area contributed by atoms with Crippen LogP contribution >= 0.6 is 0 Å². The fraction of sp³-hybridized carbons (Fsp3) is 0.125. The lowest BCUT2D eigenvalue weighted by Crippen LogP contribution is -2.26. The molecule has 0 aliphatic rings. The summed E-state index contributed by atoms with van der Waals surface area (Å²) in [5, 5.41) is 0. The van der Waals surface area contributed by atoms with Crippen molar-refractivity contribution < 1.29 is 14.4 Å². The van der Waals surface area contributed by atoms with Crippen LogP contribution in [0.5, 0.6) is 5.75 Å². The second kappa shape index (κ2) is 4.44. The summed E-state index contributed by atoms with van der Waals surface area (Å²) in [5.74, 6) is 4.95. The third kappa shape index (κ3) is 2.43. The summed E-state index contributed by atoms with van der Waals surface area (Å²) >= 11 is 0. The Bertz CT molecular complexity index is 284. The zero-order valence-electron chi connectivity index (χ0n) is 7.11. The normalized spacial score (nSPS) is 9.38. The molecule has 0 aromatic heterocycles. The maximum atomic E-state index is 11.0. The lowest BCUT2D eigenvalue weighted by Gasteiger charge is -2.02. The van der Waals surface area contributed by atoms with Gasteiger partial charge in [0.1, 0.15) is 5.75 Å². The van der Waals surface area contributed by atoms with E-state index in [-0.39, 0.29) is 0 Å². The predicted molar refractivity (Wildman–Crippen MR) is 45.7 cm³/mol. The molecule has 0 bridgehead atoms. The van der Waals surface area contributed by atoms with Gasteiger partial charge in [-0.1, -0.05) is 5.59 Å². The second-order valence-electron chi connectivity index (χ2n) is 2.24. The highest BCUT2D eigenvalue weighted by Gasteiger charge is 2.05. The monoisotopic (exact) mass is 182 g/mol. The number of carbonyl (C=O) groups excluding carboxylic acids is 1. The highest BCUT2D eigenvalue weighted by molar-refractivity contribution is 5.89. The smallest absolute Gasteiger partial charge is 0.357 e. The fourth-order valence-electron chi connectivity index (χ4n) is 0.840. The Labute approximate surface area is 75.4 Å². The van der Waals surface area contributed by atoms with E-state index < -0.39 is 5.97 Å². The van der Waals surface area contributed by atoms with Crippen molar-refractivity contribution in [3.05, 3.63) is 29.8 Å². The molecule has 0 radical (unpaired) electrons. The summed E-state index contributed by atoms with van der Waals surface area (Å²) in [4.78, 5) is 15.4. The molecule has 1 rings (SSSR count). The molecule has 0 unspecified atom stereocenters. The maximum Gasteiger partial charge on any atom is 0.357 e. The van der Waals surface area contributed by atoms with E-state index in [1.54, 1.807) is 31.4 Å². The molecule has 1 aromatic rings. The van der Waals surface area contributed by atoms with E-state index in [1.807, 2.05) is 5.59 Å². The number of hydrazine groups is 1. The van der Waals surface area contributed by atoms with Crippen molar-refractivity contribution in [2.45, 2.75) is 0 Å². The van der Waals surface area contributed by atoms with Gasteiger partial charge in [0.05, 0.1) is 12.7 Å². The van der Waals surface area contributed by atoms with Crippen molar-refractivity contribution in [2.24, 2.45) is 5.84 Å². The van der Waals surface area contributed by atoms with Gasteiger partial charge in [0.15, 0.2) is 0 Å². The van der Waals surface area contributed by atoms with Crippen molar-refractivity contribution in [2.75, 3.05) is 7.11 Å². The zero-order valence-corrected chi connectivity index (χ0v) is 7.11. The Morgan fingerprint density at radius 2 is 2.00 bits per heavy atom. The Kier molecular flexibility index (Phi) is 3.24. The van der Waals surface area contributed by atoms with E-state index in [4.69, 9.17) is 10.6 Å². The summed E-state index contributed by atoms with van der Waals surface area (Å²) in [5.41, 5.74) is 2.22. The number of nitrogens with two attached hydrogens (primary N) is 1. The van der Waals surface area contributed by atoms with E-state index in [0.717, 1.165) is 0 Å². The number of hydrogen-bond donors (Lipinski definition) is 2. The van der Waals surface area contributed by atoms with E-state index >= 15 is 0 Å². The number of methoxy groups -OCH3 is 1. The standard InChI is InChI=1S/C8H10N2O3/c1-12-7-4-2-6(3-5-7)8(11)13-10-9/h2-5,10H,9H2,1H3. The molecule has 0 atom stereocenters. The minimum Gasteiger partial charge on any atom is -0.497 e. The predicted octanol–water partition coefficient (Wildman–Crippen LogP) is 0.230. The lowest BCUT2D eigenvalue weighted by atomic mass is 10.2. The molecule has 0 spiro atoms. The van der Waals surface area contributed by atoms with Gasteiger partial charge in [-0.25, -0.2) is 10.6 Å². The van der Waals surface area contributed by atoms with Gasteiger partial charge in [-0.05, 0) is 24.3 Å². The molecule has 70 valence electrons. The zero-order chi connectivity index (χ0) is 9.68. The van der Waals surface area contributed by atoms with E-state index in [9.17, 15) is 4.79 Å². The molecule has 0 heterocycles. The summed E-state index contributed by atoms with van der Waals surface area (Å²) < 4.78 is 4.92. The van der Waals surface area contributed by atoms with Crippen molar-refractivity contribution in [1.29, 1.82) is 0 Å². The summed E-state index contributed by atoms with van der Waals surface area (Å²) in [6.07, 6.45) is 0. The number of benzene rings is 1. The first-order valence-electron chi connectivity index (χ1n) is 3.58. The highest BCUT2D eigenvalue weighted by Crippen LogP contribution is 2.11. The van der Waals surface area contributed by atoms with Crippen LogP contribution in [0.15, 0.2) is 24.3 Å². The lowest BCUT2D eigenvalue weighted by molar-refractivity contribution is 0.0254. The number of nitrogens with one attached hydrogen (secondary N) is 1. The molecule has 0 saturated heterocycles. The van der Waals surface area contributed by atoms with Crippen molar-refractivity contribution in [3.63, 3.8) is 0 Å². The number of rotatable bonds is 3. The topological polar surface area (TPSA) is 73.6 Å². The van der Waals surface area contributed by atoms with Crippen LogP contribution in [0.3, 0.4) is 0 Å². The Hall–Kier alpha value is -1.59. The van der Waals surface area contributed by atoms with Gasteiger partial charge in [0.25, 0.3) is 0 Å². The SMILES string of the molecule is COc1ccc(C(=O)ONN)cc1. The minimum absolute atomic E-state index is 0.402. The molecule has 0 amide bonds. The van der Waals surface area contributed by atoms with Gasteiger partial charge in [-0.3, -0.25) is 0 Å². The molecule has 1 aromatic carbocycles. The average molecular weight is 182 g/mol. The molecule has 5 heteroatoms. The molecule has 3 N–H and O–H groups in total. The van der Waals surface area contributed by atoms with Gasteiger partial charge in [0, 0.05) is 0 Å². The Morgan fingerprint density at radius 1 is 1.38 bits per heavy atom. The van der Waals surface area contributed by atoms with E-state index in [2.05, 4.69) is 4.84 Å². The average Bonchev–Trinajstić information content (AvgIpc) is 2.18. The van der Waals surface area contributed by atoms with Crippen molar-refractivity contribution in [1.82, 2.24) is 5.59 Å². The van der Waals surface area contributed by atoms with Gasteiger partial charge in [-0.15, -0.1) is 0 Å². The van der Waals surface area contributed by atoms with Crippen LogP contribution in [-0.4, -0.2) is 13.1 Å². The van der Waals surface area contributed by atoms with Crippen LogP contribution in [0.4, 0.5) is 0 Å². The van der Waals surface area contributed by atoms with Crippen LogP contribution in [0.25, 0.3) is 0 Å². The van der Waals surface area contributed by atoms with E-state index in [0.29, 0.717) is 11.3 Å². The van der Waals surface area contributed by atoms with Crippen molar-refractivity contribution in [3.8, 4) is 5.75 Å². The minimum atomic E-state index is -0.537. The molecule has 5 nitrogen and oxygen atoms in total. The number of carbonyl (C=O) groups is 1. The Balaban J connectivity index is 2.74. The van der Waals surface area contributed by atoms with Gasteiger partial charge >= 0.3 is 5.97 Å². The van der Waals surface area contributed by atoms with Crippen LogP contribution in [0.1, 0.15) is 10.4 Å². The van der Waals surface area contributed by atoms with Crippen LogP contribution in [-0.2, 0) is 4.84 Å². The van der Waals surface area contributed by atoms with Gasteiger partial charge < -0.3 is 9.57 Å². The molecule has 13 heavy (non-hydrogen) atoms. The first-order chi connectivity index (χ1) is 6.27. The molecule has 0 aliphatic heterocycles. The van der Waals surface area contributed by atoms with Gasteiger partial charge in [0.2, 0.25) is 0 Å². The summed E-state index contributed by atoms with van der Waals surface area (Å²) in [6, 6.07) is 6.48. The quantitative estimate of drug-likeness (QED) is 0.517. The van der Waals surface area contributed by atoms with Crippen LogP contribution in [0, 0.1) is 0 Å². The first kappa shape index (κ1) is 9.50. The molecular weight excluding hydrogens is 172 g/mol. The highest BCUT2D eigenvalue weighted by atomic mass is 16.7. The first-order valence-corrected chi connectivity index (χ1v) is 3.58. The van der Waals surface area contributed by atoms with Crippen molar-refractivity contribution >= 4 is 5.97 Å². The van der Waals surface area contributed by atoms with Gasteiger partial charge in [-0.2, -0.15) is 0 Å². The third-order valence-corrected chi connectivity index (χ3v) is 1.48. The summed E-state index contributed by atoms with van der Waals surface area (Å²) in [6.45, 7) is 0. The second-order valence-corrected chi connectivity index (χ2v) is 2.24. The summed E-state index contributed by atoms with van der Waals surface area (Å²) in [7, 11) is 1.55. The van der Waals surface area contributed by atoms with Crippen LogP contribution in [0.2, 0.25) is 0 Å². The molecular formula is C8H10N2O3. The molecule has 0 saturated carbocycles. The number of hydrogen-bond acceptors (Lipinski definition) is 5. The van der Waals surface area contributed by atoms with Crippen LogP contribution < -0.4 is 16.2 Å².